The van der Waals surface area contributed by atoms with Gasteiger partial charge in [0.15, 0.2) is 5.13 Å². The number of aromatic nitrogens is 1. The highest BCUT2D eigenvalue weighted by molar-refractivity contribution is 7.19. The lowest BCUT2D eigenvalue weighted by Crippen LogP contribution is -2.16. The van der Waals surface area contributed by atoms with Gasteiger partial charge in [-0.25, -0.2) is 4.98 Å². The normalized spacial score (nSPS) is 10.7. The molecule has 1 aromatic heterocycles. The van der Waals surface area contributed by atoms with Crippen molar-refractivity contribution in [2.45, 2.75) is 6.42 Å². The van der Waals surface area contributed by atoms with Crippen LogP contribution in [0.15, 0.2) is 6.20 Å². The van der Waals surface area contributed by atoms with Crippen LogP contribution in [0.5, 0.6) is 0 Å². The highest BCUT2D eigenvalue weighted by atomic mass is 32.1. The molecule has 0 atom stereocenters. The lowest BCUT2D eigenvalue weighted by molar-refractivity contribution is 0.405. The number of nitrogens with one attached hydrogen (secondary N) is 1. The Balaban J connectivity index is 2.13. The average Bonchev–Trinajstić information content (AvgIpc) is 2.45. The molecule has 0 amide bonds. The van der Waals surface area contributed by atoms with E-state index in [2.05, 4.69) is 29.3 Å². The lowest BCUT2D eigenvalue weighted by Gasteiger charge is -2.08. The van der Waals surface area contributed by atoms with Crippen LogP contribution in [0.25, 0.3) is 0 Å². The Kier molecular flexibility index (Phi) is 3.98. The summed E-state index contributed by atoms with van der Waals surface area (Å²) in [5.74, 6) is 0. The summed E-state index contributed by atoms with van der Waals surface area (Å²) < 4.78 is 0. The maximum Gasteiger partial charge on any atom is 0.184 e. The molecule has 0 saturated carbocycles. The molecule has 0 aliphatic rings. The second kappa shape index (κ2) is 5.04. The van der Waals surface area contributed by atoms with Gasteiger partial charge in [-0.2, -0.15) is 0 Å². The van der Waals surface area contributed by atoms with Crippen molar-refractivity contribution in [1.82, 2.24) is 9.88 Å². The van der Waals surface area contributed by atoms with Crippen LogP contribution in [0.4, 0.5) is 10.1 Å². The van der Waals surface area contributed by atoms with E-state index in [0.717, 1.165) is 29.6 Å². The fourth-order valence-corrected chi connectivity index (χ4v) is 1.57. The average molecular weight is 200 g/mol. The molecule has 0 unspecified atom stereocenters. The van der Waals surface area contributed by atoms with Gasteiger partial charge in [-0.1, -0.05) is 11.3 Å². The van der Waals surface area contributed by atoms with Crippen LogP contribution in [-0.4, -0.2) is 37.1 Å². The van der Waals surface area contributed by atoms with Crippen LogP contribution in [0.2, 0.25) is 0 Å². The van der Waals surface area contributed by atoms with Crippen LogP contribution in [0.1, 0.15) is 6.42 Å². The molecule has 0 aliphatic carbocycles. The van der Waals surface area contributed by atoms with Gasteiger partial charge in [0.25, 0.3) is 0 Å². The molecule has 0 aliphatic heterocycles. The molecule has 0 fully saturated rings. The molecule has 0 saturated heterocycles. The summed E-state index contributed by atoms with van der Waals surface area (Å²) in [4.78, 5) is 6.27. The minimum Gasteiger partial charge on any atom is -0.389 e. The molecule has 4 nitrogen and oxygen atoms in total. The number of thiazole rings is 1. The van der Waals surface area contributed by atoms with Gasteiger partial charge in [-0.05, 0) is 27.1 Å². The SMILES string of the molecule is CN(C)CCCNc1ncc(N)s1. The molecule has 0 aromatic carbocycles. The van der Waals surface area contributed by atoms with Crippen LogP contribution >= 0.6 is 11.3 Å². The Morgan fingerprint density at radius 3 is 2.92 bits per heavy atom. The van der Waals surface area contributed by atoms with Crippen molar-refractivity contribution in [2.24, 2.45) is 0 Å². The molecular weight excluding hydrogens is 184 g/mol. The van der Waals surface area contributed by atoms with Gasteiger partial charge in [0, 0.05) is 6.54 Å². The molecule has 1 aromatic rings. The van der Waals surface area contributed by atoms with Gasteiger partial charge in [0.05, 0.1) is 6.20 Å². The molecule has 3 N–H and O–H groups in total. The van der Waals surface area contributed by atoms with E-state index < -0.39 is 0 Å². The van der Waals surface area contributed by atoms with E-state index in [1.165, 1.54) is 11.3 Å². The van der Waals surface area contributed by atoms with Gasteiger partial charge in [-0.15, -0.1) is 0 Å². The third-order valence-corrected chi connectivity index (χ3v) is 2.37. The van der Waals surface area contributed by atoms with Gasteiger partial charge in [-0.3, -0.25) is 0 Å². The minimum atomic E-state index is 0.759. The number of nitrogen functional groups attached to an aromatic ring is 1. The molecule has 5 heteroatoms. The standard InChI is InChI=1S/C8H16N4S/c1-12(2)5-3-4-10-8-11-6-7(9)13-8/h6H,3-5,9H2,1-2H3,(H,10,11). The van der Waals surface area contributed by atoms with Gasteiger partial charge in [0.2, 0.25) is 0 Å². The number of hydrogen-bond acceptors (Lipinski definition) is 5. The van der Waals surface area contributed by atoms with Crippen molar-refractivity contribution >= 4 is 21.5 Å². The smallest absolute Gasteiger partial charge is 0.184 e. The quantitative estimate of drug-likeness (QED) is 0.699. The highest BCUT2D eigenvalue weighted by Crippen LogP contribution is 2.18. The largest absolute Gasteiger partial charge is 0.389 e. The molecule has 1 heterocycles. The summed E-state index contributed by atoms with van der Waals surface area (Å²) in [5.41, 5.74) is 5.54. The number of nitrogens with zero attached hydrogens (tertiary/aromatic N) is 2. The summed E-state index contributed by atoms with van der Waals surface area (Å²) >= 11 is 1.49. The molecule has 0 bridgehead atoms. The first kappa shape index (κ1) is 10.3. The van der Waals surface area contributed by atoms with E-state index in [0.29, 0.717) is 0 Å². The second-order valence-corrected chi connectivity index (χ2v) is 4.21. The van der Waals surface area contributed by atoms with E-state index >= 15 is 0 Å². The van der Waals surface area contributed by atoms with Gasteiger partial charge >= 0.3 is 0 Å². The Hall–Kier alpha value is -0.810. The van der Waals surface area contributed by atoms with Crippen molar-refractivity contribution in [3.8, 4) is 0 Å². The Bertz CT molecular complexity index is 246. The Morgan fingerprint density at radius 2 is 2.38 bits per heavy atom. The molecule has 0 radical (unpaired) electrons. The fraction of sp³-hybridized carbons (Fsp3) is 0.625. The molecular formula is C8H16N4S. The zero-order valence-electron chi connectivity index (χ0n) is 8.08. The van der Waals surface area contributed by atoms with E-state index in [1.54, 1.807) is 6.20 Å². The van der Waals surface area contributed by atoms with Crippen LogP contribution in [0, 0.1) is 0 Å². The summed E-state index contributed by atoms with van der Waals surface area (Å²) in [5, 5.41) is 4.89. The summed E-state index contributed by atoms with van der Waals surface area (Å²) in [7, 11) is 4.14. The van der Waals surface area contributed by atoms with Crippen molar-refractivity contribution in [3.05, 3.63) is 6.20 Å². The molecule has 1 rings (SSSR count). The van der Waals surface area contributed by atoms with Crippen LogP contribution < -0.4 is 11.1 Å². The third-order valence-electron chi connectivity index (χ3n) is 1.58. The fourth-order valence-electron chi connectivity index (χ4n) is 0.959. The topological polar surface area (TPSA) is 54.2 Å². The predicted molar refractivity (Wildman–Crippen MR) is 58.2 cm³/mol. The van der Waals surface area contributed by atoms with Crippen molar-refractivity contribution in [2.75, 3.05) is 38.2 Å². The van der Waals surface area contributed by atoms with E-state index in [1.807, 2.05) is 0 Å². The Morgan fingerprint density at radius 1 is 1.62 bits per heavy atom. The molecule has 0 spiro atoms. The summed E-state index contributed by atoms with van der Waals surface area (Å²) in [6.07, 6.45) is 2.80. The first-order valence-electron chi connectivity index (χ1n) is 4.28. The number of rotatable bonds is 5. The molecule has 13 heavy (non-hydrogen) atoms. The predicted octanol–water partition coefficient (Wildman–Crippen LogP) is 1.09. The Labute approximate surface area is 82.8 Å². The van der Waals surface area contributed by atoms with E-state index in [9.17, 15) is 0 Å². The van der Waals surface area contributed by atoms with Crippen molar-refractivity contribution in [3.63, 3.8) is 0 Å². The summed E-state index contributed by atoms with van der Waals surface area (Å²) in [6.45, 7) is 2.04. The number of hydrogen-bond donors (Lipinski definition) is 2. The summed E-state index contributed by atoms with van der Waals surface area (Å²) in [6, 6.07) is 0. The maximum absolute atomic E-state index is 5.54. The van der Waals surface area contributed by atoms with Gasteiger partial charge in [0.1, 0.15) is 5.00 Å². The zero-order chi connectivity index (χ0) is 9.68. The number of nitrogens with two attached hydrogens (primary N) is 1. The first-order chi connectivity index (χ1) is 6.18. The maximum atomic E-state index is 5.54. The third kappa shape index (κ3) is 4.10. The monoisotopic (exact) mass is 200 g/mol. The van der Waals surface area contributed by atoms with Gasteiger partial charge < -0.3 is 16.0 Å². The zero-order valence-corrected chi connectivity index (χ0v) is 8.90. The molecule has 74 valence electrons. The first-order valence-corrected chi connectivity index (χ1v) is 5.10. The van der Waals surface area contributed by atoms with E-state index in [4.69, 9.17) is 5.73 Å². The minimum absolute atomic E-state index is 0.759. The highest BCUT2D eigenvalue weighted by Gasteiger charge is 1.97. The number of anilines is 2. The van der Waals surface area contributed by atoms with Crippen LogP contribution in [0.3, 0.4) is 0 Å². The van der Waals surface area contributed by atoms with Crippen molar-refractivity contribution < 1.29 is 0 Å². The lowest BCUT2D eigenvalue weighted by atomic mass is 10.4. The van der Waals surface area contributed by atoms with E-state index in [-0.39, 0.29) is 0 Å². The van der Waals surface area contributed by atoms with Crippen LogP contribution in [-0.2, 0) is 0 Å². The second-order valence-electron chi connectivity index (χ2n) is 3.15. The van der Waals surface area contributed by atoms with Crippen molar-refractivity contribution in [1.29, 1.82) is 0 Å².